The SMILES string of the molecule is CCc1nnc(CN2CCC(OC)(c3nc(Cc4ccccc4)no3)CC2)s1. The van der Waals surface area contributed by atoms with E-state index in [1.54, 1.807) is 18.4 Å². The number of nitrogens with zero attached hydrogens (tertiary/aromatic N) is 5. The van der Waals surface area contributed by atoms with Gasteiger partial charge in [-0.05, 0) is 24.8 Å². The highest BCUT2D eigenvalue weighted by atomic mass is 32.1. The standard InChI is InChI=1S/C20H25N5O2S/c1-3-17-22-23-18(28-17)14-25-11-9-20(26-2,10-12-25)19-21-16(24-27-19)13-15-7-5-4-6-8-15/h4-8H,3,9-14H2,1-2H3. The molecule has 1 aromatic carbocycles. The molecule has 1 aliphatic heterocycles. The average Bonchev–Trinajstić information content (AvgIpc) is 3.39. The number of aryl methyl sites for hydroxylation is 1. The summed E-state index contributed by atoms with van der Waals surface area (Å²) in [6.07, 6.45) is 3.23. The Hall–Kier alpha value is -2.16. The minimum atomic E-state index is -0.506. The third-order valence-electron chi connectivity index (χ3n) is 5.29. The average molecular weight is 400 g/mol. The summed E-state index contributed by atoms with van der Waals surface area (Å²) in [5.74, 6) is 1.28. The first kappa shape index (κ1) is 19.2. The predicted molar refractivity (Wildman–Crippen MR) is 106 cm³/mol. The molecule has 0 radical (unpaired) electrons. The normalized spacial score (nSPS) is 17.1. The maximum Gasteiger partial charge on any atom is 0.258 e. The molecule has 28 heavy (non-hydrogen) atoms. The zero-order valence-electron chi connectivity index (χ0n) is 16.3. The lowest BCUT2D eigenvalue weighted by Crippen LogP contribution is -2.43. The third-order valence-corrected chi connectivity index (χ3v) is 6.34. The van der Waals surface area contributed by atoms with E-state index in [9.17, 15) is 0 Å². The molecule has 2 aromatic heterocycles. The largest absolute Gasteiger partial charge is 0.368 e. The Morgan fingerprint density at radius 3 is 2.57 bits per heavy atom. The van der Waals surface area contributed by atoms with E-state index < -0.39 is 5.60 Å². The van der Waals surface area contributed by atoms with Crippen LogP contribution in [0.25, 0.3) is 0 Å². The molecule has 0 N–H and O–H groups in total. The number of benzene rings is 1. The highest BCUT2D eigenvalue weighted by Crippen LogP contribution is 2.36. The Kier molecular flexibility index (Phi) is 5.79. The summed E-state index contributed by atoms with van der Waals surface area (Å²) in [4.78, 5) is 7.04. The summed E-state index contributed by atoms with van der Waals surface area (Å²) in [6, 6.07) is 10.2. The number of hydrogen-bond donors (Lipinski definition) is 0. The molecule has 0 bridgehead atoms. The number of rotatable bonds is 7. The molecule has 0 unspecified atom stereocenters. The molecular weight excluding hydrogens is 374 g/mol. The number of likely N-dealkylation sites (tertiary alicyclic amines) is 1. The highest BCUT2D eigenvalue weighted by Gasteiger charge is 2.41. The van der Waals surface area contributed by atoms with Crippen LogP contribution in [0.4, 0.5) is 0 Å². The van der Waals surface area contributed by atoms with Crippen molar-refractivity contribution in [1.29, 1.82) is 0 Å². The first-order valence-corrected chi connectivity index (χ1v) is 10.5. The van der Waals surface area contributed by atoms with Crippen LogP contribution in [-0.4, -0.2) is 45.4 Å². The molecule has 148 valence electrons. The van der Waals surface area contributed by atoms with Crippen molar-refractivity contribution in [1.82, 2.24) is 25.2 Å². The summed E-state index contributed by atoms with van der Waals surface area (Å²) < 4.78 is 11.5. The van der Waals surface area contributed by atoms with Gasteiger partial charge < -0.3 is 9.26 Å². The van der Waals surface area contributed by atoms with Crippen LogP contribution < -0.4 is 0 Å². The molecule has 1 fully saturated rings. The van der Waals surface area contributed by atoms with Crippen molar-refractivity contribution < 1.29 is 9.26 Å². The minimum absolute atomic E-state index is 0.506. The van der Waals surface area contributed by atoms with Crippen molar-refractivity contribution in [2.75, 3.05) is 20.2 Å². The lowest BCUT2D eigenvalue weighted by Gasteiger charge is -2.37. The number of methoxy groups -OCH3 is 1. The van der Waals surface area contributed by atoms with E-state index in [1.165, 1.54) is 5.56 Å². The van der Waals surface area contributed by atoms with Gasteiger partial charge in [0.15, 0.2) is 5.82 Å². The fraction of sp³-hybridized carbons (Fsp3) is 0.500. The second-order valence-electron chi connectivity index (χ2n) is 7.10. The summed E-state index contributed by atoms with van der Waals surface area (Å²) in [5, 5.41) is 14.9. The molecular formula is C20H25N5O2S. The first-order valence-electron chi connectivity index (χ1n) is 9.66. The molecule has 0 atom stereocenters. The van der Waals surface area contributed by atoms with Crippen molar-refractivity contribution in [3.05, 3.63) is 57.6 Å². The molecule has 1 aliphatic rings. The van der Waals surface area contributed by atoms with Crippen LogP contribution in [0.5, 0.6) is 0 Å². The third kappa shape index (κ3) is 4.14. The first-order chi connectivity index (χ1) is 13.7. The van der Waals surface area contributed by atoms with Gasteiger partial charge in [0.05, 0.1) is 6.54 Å². The van der Waals surface area contributed by atoms with Crippen LogP contribution in [0, 0.1) is 0 Å². The van der Waals surface area contributed by atoms with Crippen molar-refractivity contribution in [2.45, 2.75) is 44.8 Å². The van der Waals surface area contributed by atoms with Crippen LogP contribution in [0.15, 0.2) is 34.9 Å². The van der Waals surface area contributed by atoms with Crippen LogP contribution in [-0.2, 0) is 29.7 Å². The molecule has 0 spiro atoms. The number of hydrogen-bond acceptors (Lipinski definition) is 8. The molecule has 8 heteroatoms. The van der Waals surface area contributed by atoms with Gasteiger partial charge in [-0.3, -0.25) is 4.90 Å². The van der Waals surface area contributed by atoms with Gasteiger partial charge >= 0.3 is 0 Å². The molecule has 0 saturated carbocycles. The Morgan fingerprint density at radius 2 is 1.89 bits per heavy atom. The Morgan fingerprint density at radius 1 is 1.14 bits per heavy atom. The van der Waals surface area contributed by atoms with Crippen molar-refractivity contribution >= 4 is 11.3 Å². The van der Waals surface area contributed by atoms with Gasteiger partial charge in [-0.1, -0.05) is 42.4 Å². The molecule has 4 rings (SSSR count). The summed E-state index contributed by atoms with van der Waals surface area (Å²) in [7, 11) is 1.73. The zero-order valence-corrected chi connectivity index (χ0v) is 17.1. The number of ether oxygens (including phenoxy) is 1. The lowest BCUT2D eigenvalue weighted by molar-refractivity contribution is -0.0838. The minimum Gasteiger partial charge on any atom is -0.368 e. The van der Waals surface area contributed by atoms with Crippen LogP contribution >= 0.6 is 11.3 Å². The molecule has 1 saturated heterocycles. The van der Waals surface area contributed by atoms with Crippen LogP contribution in [0.2, 0.25) is 0 Å². The van der Waals surface area contributed by atoms with Gasteiger partial charge in [-0.15, -0.1) is 21.5 Å². The van der Waals surface area contributed by atoms with Crippen molar-refractivity contribution in [3.63, 3.8) is 0 Å². The van der Waals surface area contributed by atoms with E-state index in [1.807, 2.05) is 18.2 Å². The Labute approximate surface area is 168 Å². The summed E-state index contributed by atoms with van der Waals surface area (Å²) in [5.41, 5.74) is 0.661. The van der Waals surface area contributed by atoms with Crippen LogP contribution in [0.1, 0.15) is 47.1 Å². The smallest absolute Gasteiger partial charge is 0.258 e. The summed E-state index contributed by atoms with van der Waals surface area (Å²) in [6.45, 7) is 4.73. The van der Waals surface area contributed by atoms with Crippen molar-refractivity contribution in [2.24, 2.45) is 0 Å². The summed E-state index contributed by atoms with van der Waals surface area (Å²) >= 11 is 1.70. The quantitative estimate of drug-likeness (QED) is 0.604. The predicted octanol–water partition coefficient (Wildman–Crippen LogP) is 3.21. The van der Waals surface area contributed by atoms with Gasteiger partial charge in [0.25, 0.3) is 5.89 Å². The fourth-order valence-corrected chi connectivity index (χ4v) is 4.38. The van der Waals surface area contributed by atoms with Gasteiger partial charge in [-0.2, -0.15) is 4.98 Å². The van der Waals surface area contributed by atoms with Gasteiger partial charge in [0.1, 0.15) is 15.6 Å². The second-order valence-corrected chi connectivity index (χ2v) is 8.24. The molecule has 3 heterocycles. The van der Waals surface area contributed by atoms with Gasteiger partial charge in [0.2, 0.25) is 0 Å². The monoisotopic (exact) mass is 399 g/mol. The zero-order chi connectivity index (χ0) is 19.4. The second kappa shape index (κ2) is 8.46. The fourth-order valence-electron chi connectivity index (χ4n) is 3.55. The lowest BCUT2D eigenvalue weighted by atomic mass is 9.91. The van der Waals surface area contributed by atoms with Crippen molar-refractivity contribution in [3.8, 4) is 0 Å². The maximum atomic E-state index is 5.90. The Bertz CT molecular complexity index is 887. The molecule has 0 aliphatic carbocycles. The maximum absolute atomic E-state index is 5.90. The van der Waals surface area contributed by atoms with E-state index in [0.29, 0.717) is 18.1 Å². The van der Waals surface area contributed by atoms with Gasteiger partial charge in [-0.25, -0.2) is 0 Å². The van der Waals surface area contributed by atoms with E-state index in [2.05, 4.69) is 44.3 Å². The highest BCUT2D eigenvalue weighted by molar-refractivity contribution is 7.11. The topological polar surface area (TPSA) is 77.2 Å². The molecule has 7 nitrogen and oxygen atoms in total. The van der Waals surface area contributed by atoms with Crippen LogP contribution in [0.3, 0.4) is 0 Å². The molecule has 0 amide bonds. The van der Waals surface area contributed by atoms with E-state index >= 15 is 0 Å². The Balaban J connectivity index is 1.40. The van der Waals surface area contributed by atoms with E-state index in [4.69, 9.17) is 9.26 Å². The number of piperidine rings is 1. The van der Waals surface area contributed by atoms with E-state index in [0.717, 1.165) is 48.9 Å². The number of aromatic nitrogens is 4. The molecule has 3 aromatic rings. The van der Waals surface area contributed by atoms with Gasteiger partial charge in [0, 0.05) is 26.6 Å². The van der Waals surface area contributed by atoms with E-state index in [-0.39, 0.29) is 0 Å².